The van der Waals surface area contributed by atoms with E-state index in [0.29, 0.717) is 34.3 Å². The normalized spacial score (nSPS) is 19.8. The molecule has 1 unspecified atom stereocenters. The number of quaternary nitrogens is 1. The number of nitriles is 1. The van der Waals surface area contributed by atoms with Crippen molar-refractivity contribution in [3.63, 3.8) is 0 Å². The molecule has 1 aromatic heterocycles. The first kappa shape index (κ1) is 26.3. The van der Waals surface area contributed by atoms with Crippen LogP contribution in [-0.4, -0.2) is 37.2 Å². The van der Waals surface area contributed by atoms with Gasteiger partial charge in [0.25, 0.3) is 0 Å². The Morgan fingerprint density at radius 3 is 2.71 bits per heavy atom. The van der Waals surface area contributed by atoms with E-state index in [4.69, 9.17) is 23.2 Å². The first-order valence-electron chi connectivity index (χ1n) is 12.5. The van der Waals surface area contributed by atoms with Gasteiger partial charge in [0.1, 0.15) is 18.8 Å². The fourth-order valence-corrected chi connectivity index (χ4v) is 6.02. The summed E-state index contributed by atoms with van der Waals surface area (Å²) in [5.74, 6) is -0.589. The quantitative estimate of drug-likeness (QED) is 0.303. The Hall–Kier alpha value is -3.28. The number of halogens is 3. The van der Waals surface area contributed by atoms with Gasteiger partial charge >= 0.3 is 6.03 Å². The van der Waals surface area contributed by atoms with Crippen LogP contribution in [0.4, 0.5) is 14.9 Å². The highest BCUT2D eigenvalue weighted by Crippen LogP contribution is 2.50. The van der Waals surface area contributed by atoms with Crippen molar-refractivity contribution in [3.05, 3.63) is 99.1 Å². The van der Waals surface area contributed by atoms with Crippen molar-refractivity contribution in [1.29, 1.82) is 5.26 Å². The van der Waals surface area contributed by atoms with Crippen LogP contribution in [0.5, 0.6) is 0 Å². The molecule has 2 aromatic carbocycles. The molecule has 2 aliphatic rings. The molecule has 0 aliphatic carbocycles. The van der Waals surface area contributed by atoms with Crippen LogP contribution >= 0.6 is 23.2 Å². The smallest absolute Gasteiger partial charge is 0.317 e. The SMILES string of the molecule is N#Cc1ccc2c(c1)C1(CCNCC1)C[N+]2(C/C=C/c1ccc(Cl)c(Cl)c1)C(=O)NCc1ccnc(F)c1. The lowest BCUT2D eigenvalue weighted by molar-refractivity contribution is 0.189. The highest BCUT2D eigenvalue weighted by atomic mass is 35.5. The molecular formula is C29H27Cl2FN5O+. The van der Waals surface area contributed by atoms with Crippen molar-refractivity contribution in [2.75, 3.05) is 26.2 Å². The van der Waals surface area contributed by atoms with E-state index in [2.05, 4.69) is 21.7 Å². The summed E-state index contributed by atoms with van der Waals surface area (Å²) < 4.78 is 13.7. The van der Waals surface area contributed by atoms with Gasteiger partial charge < -0.3 is 10.6 Å². The molecule has 1 saturated heterocycles. The van der Waals surface area contributed by atoms with Crippen molar-refractivity contribution in [2.24, 2.45) is 0 Å². The van der Waals surface area contributed by atoms with Gasteiger partial charge in [0, 0.05) is 24.4 Å². The van der Waals surface area contributed by atoms with Crippen LogP contribution in [0.3, 0.4) is 0 Å². The van der Waals surface area contributed by atoms with E-state index >= 15 is 0 Å². The lowest BCUT2D eigenvalue weighted by Crippen LogP contribution is -2.60. The maximum Gasteiger partial charge on any atom is 0.422 e. The number of nitrogens with zero attached hydrogens (tertiary/aromatic N) is 3. The molecule has 3 aromatic rings. The number of carbonyl (C=O) groups excluding carboxylic acids is 1. The van der Waals surface area contributed by atoms with Gasteiger partial charge in [0.05, 0.1) is 27.1 Å². The summed E-state index contributed by atoms with van der Waals surface area (Å²) in [5, 5.41) is 17.0. The Balaban J connectivity index is 1.53. The van der Waals surface area contributed by atoms with E-state index in [0.717, 1.165) is 42.7 Å². The number of hydrogen-bond acceptors (Lipinski definition) is 4. The van der Waals surface area contributed by atoms with Crippen LogP contribution in [0.15, 0.2) is 60.8 Å². The Bertz CT molecular complexity index is 1450. The number of carbonyl (C=O) groups is 1. The first-order chi connectivity index (χ1) is 18.3. The lowest BCUT2D eigenvalue weighted by atomic mass is 9.74. The molecule has 3 heterocycles. The summed E-state index contributed by atoms with van der Waals surface area (Å²) in [6, 6.07) is 16.1. The maximum atomic E-state index is 14.1. The number of rotatable bonds is 5. The van der Waals surface area contributed by atoms with E-state index in [9.17, 15) is 14.4 Å². The molecule has 6 nitrogen and oxygen atoms in total. The summed E-state index contributed by atoms with van der Waals surface area (Å²) in [6.45, 7) is 2.82. The largest absolute Gasteiger partial charge is 0.422 e. The molecule has 0 radical (unpaired) electrons. The van der Waals surface area contributed by atoms with Gasteiger partial charge in [-0.3, -0.25) is 0 Å². The number of nitrogens with one attached hydrogen (secondary N) is 2. The maximum absolute atomic E-state index is 14.1. The van der Waals surface area contributed by atoms with E-state index in [-0.39, 0.29) is 22.5 Å². The molecule has 1 spiro atoms. The van der Waals surface area contributed by atoms with Crippen LogP contribution in [0.1, 0.15) is 35.1 Å². The number of aromatic nitrogens is 1. The zero-order valence-corrected chi connectivity index (χ0v) is 22.2. The molecule has 2 N–H and O–H groups in total. The van der Waals surface area contributed by atoms with Gasteiger partial charge in [-0.1, -0.05) is 35.3 Å². The van der Waals surface area contributed by atoms with E-state index in [1.807, 2.05) is 30.4 Å². The number of fused-ring (bicyclic) bond motifs is 2. The number of urea groups is 1. The minimum absolute atomic E-state index is 0.0480. The van der Waals surface area contributed by atoms with Crippen LogP contribution < -0.4 is 15.1 Å². The Morgan fingerprint density at radius 2 is 1.97 bits per heavy atom. The highest BCUT2D eigenvalue weighted by molar-refractivity contribution is 6.42. The second-order valence-corrected chi connectivity index (χ2v) is 10.7. The number of pyridine rings is 1. The minimum Gasteiger partial charge on any atom is -0.317 e. The monoisotopic (exact) mass is 550 g/mol. The third kappa shape index (κ3) is 5.05. The molecule has 1 atom stereocenters. The van der Waals surface area contributed by atoms with Crippen LogP contribution in [0.2, 0.25) is 10.0 Å². The second-order valence-electron chi connectivity index (χ2n) is 9.90. The molecule has 9 heteroatoms. The standard InChI is InChI=1S/C29H26Cl2FN5O/c30-24-5-3-20(15-25(24)31)2-1-13-37(28(38)36-18-22-7-10-35-27(32)16-22)19-29(8-11-34-12-9-29)23-14-21(17-33)4-6-26(23)37/h1-7,10,14-16,34H,8-9,11-13,18-19H2/p+1/b2-1+. The van der Waals surface area contributed by atoms with Gasteiger partial charge in [-0.15, -0.1) is 0 Å². The van der Waals surface area contributed by atoms with Gasteiger partial charge in [-0.25, -0.2) is 14.3 Å². The van der Waals surface area contributed by atoms with Crippen molar-refractivity contribution in [1.82, 2.24) is 20.1 Å². The van der Waals surface area contributed by atoms with E-state index < -0.39 is 5.95 Å². The third-order valence-electron chi connectivity index (χ3n) is 7.59. The van der Waals surface area contributed by atoms with Crippen LogP contribution in [-0.2, 0) is 12.0 Å². The summed E-state index contributed by atoms with van der Waals surface area (Å²) >= 11 is 12.3. The average molecular weight is 551 g/mol. The average Bonchev–Trinajstić information content (AvgIpc) is 3.19. The Kier molecular flexibility index (Phi) is 7.51. The Morgan fingerprint density at radius 1 is 1.16 bits per heavy atom. The van der Waals surface area contributed by atoms with Gasteiger partial charge in [0.15, 0.2) is 0 Å². The van der Waals surface area contributed by atoms with E-state index in [1.165, 1.54) is 12.3 Å². The van der Waals surface area contributed by atoms with Gasteiger partial charge in [-0.2, -0.15) is 9.65 Å². The number of benzene rings is 2. The molecule has 5 rings (SSSR count). The van der Waals surface area contributed by atoms with Crippen molar-refractivity contribution < 1.29 is 9.18 Å². The molecule has 2 aliphatic heterocycles. The molecule has 0 bridgehead atoms. The molecule has 2 amide bonds. The molecule has 194 valence electrons. The van der Waals surface area contributed by atoms with Gasteiger partial charge in [-0.05, 0) is 79.5 Å². The highest BCUT2D eigenvalue weighted by Gasteiger charge is 2.57. The second kappa shape index (κ2) is 10.8. The molecule has 1 fully saturated rings. The van der Waals surface area contributed by atoms with Crippen molar-refractivity contribution in [3.8, 4) is 6.07 Å². The topological polar surface area (TPSA) is 77.8 Å². The molecular weight excluding hydrogens is 524 g/mol. The fraction of sp³-hybridized carbons (Fsp3) is 0.276. The summed E-state index contributed by atoms with van der Waals surface area (Å²) in [7, 11) is 0. The minimum atomic E-state index is -0.589. The summed E-state index contributed by atoms with van der Waals surface area (Å²) in [6.07, 6.45) is 7.04. The number of piperidine rings is 1. The number of hydrogen-bond donors (Lipinski definition) is 2. The molecule has 0 saturated carbocycles. The fourth-order valence-electron chi connectivity index (χ4n) is 5.72. The zero-order chi connectivity index (χ0) is 26.8. The third-order valence-corrected chi connectivity index (χ3v) is 8.32. The van der Waals surface area contributed by atoms with Gasteiger partial charge in [0.2, 0.25) is 5.95 Å². The Labute approximate surface area is 231 Å². The predicted octanol–water partition coefficient (Wildman–Crippen LogP) is 5.96. The first-order valence-corrected chi connectivity index (χ1v) is 13.2. The van der Waals surface area contributed by atoms with Crippen molar-refractivity contribution in [2.45, 2.75) is 24.8 Å². The van der Waals surface area contributed by atoms with E-state index in [1.54, 1.807) is 24.3 Å². The van der Waals surface area contributed by atoms with Crippen molar-refractivity contribution >= 4 is 41.0 Å². The van der Waals surface area contributed by atoms with Crippen LogP contribution in [0.25, 0.3) is 6.08 Å². The summed E-state index contributed by atoms with van der Waals surface area (Å²) in [5.41, 5.74) is 3.81. The summed E-state index contributed by atoms with van der Waals surface area (Å²) in [4.78, 5) is 17.7. The lowest BCUT2D eigenvalue weighted by Gasteiger charge is -2.36. The number of amides is 2. The zero-order valence-electron chi connectivity index (χ0n) is 20.7. The predicted molar refractivity (Wildman–Crippen MR) is 148 cm³/mol. The van der Waals surface area contributed by atoms with Crippen LogP contribution in [0, 0.1) is 17.3 Å². The molecule has 38 heavy (non-hydrogen) atoms.